The number of rotatable bonds is 6. The molecule has 55 heavy (non-hydrogen) atoms. The van der Waals surface area contributed by atoms with Gasteiger partial charge in [0, 0.05) is 38.5 Å². The lowest BCUT2D eigenvalue weighted by atomic mass is 9.95. The molecule has 9 aromatic carbocycles. The van der Waals surface area contributed by atoms with Gasteiger partial charge in [-0.2, -0.15) is 0 Å². The molecule has 0 amide bonds. The number of furan rings is 1. The van der Waals surface area contributed by atoms with Crippen molar-refractivity contribution < 1.29 is 4.42 Å². The monoisotopic (exact) mass is 702 g/mol. The Morgan fingerprint density at radius 1 is 0.382 bits per heavy atom. The van der Waals surface area contributed by atoms with Crippen LogP contribution in [0.5, 0.6) is 0 Å². The minimum atomic E-state index is 0.857. The zero-order chi connectivity index (χ0) is 36.3. The highest BCUT2D eigenvalue weighted by atomic mass is 16.3. The van der Waals surface area contributed by atoms with Crippen molar-refractivity contribution in [3.05, 3.63) is 206 Å². The summed E-state index contributed by atoms with van der Waals surface area (Å²) in [5.74, 6) is 0. The van der Waals surface area contributed by atoms with Crippen molar-refractivity contribution in [3.8, 4) is 27.9 Å². The Morgan fingerprint density at radius 2 is 0.945 bits per heavy atom. The van der Waals surface area contributed by atoms with E-state index in [-0.39, 0.29) is 0 Å². The van der Waals surface area contributed by atoms with Crippen LogP contribution in [-0.4, -0.2) is 4.57 Å². The van der Waals surface area contributed by atoms with Gasteiger partial charge in [0.05, 0.1) is 22.4 Å². The van der Waals surface area contributed by atoms with E-state index in [1.165, 1.54) is 43.7 Å². The van der Waals surface area contributed by atoms with Gasteiger partial charge < -0.3 is 13.9 Å². The predicted octanol–water partition coefficient (Wildman–Crippen LogP) is 14.6. The van der Waals surface area contributed by atoms with Gasteiger partial charge in [-0.3, -0.25) is 0 Å². The molecule has 258 valence electrons. The molecule has 0 aliphatic rings. The van der Waals surface area contributed by atoms with Crippen molar-refractivity contribution in [2.75, 3.05) is 4.90 Å². The van der Waals surface area contributed by atoms with Crippen LogP contribution in [0.2, 0.25) is 0 Å². The van der Waals surface area contributed by atoms with Gasteiger partial charge in [0.2, 0.25) is 0 Å². The van der Waals surface area contributed by atoms with E-state index in [0.29, 0.717) is 0 Å². The van der Waals surface area contributed by atoms with Crippen LogP contribution in [0.15, 0.2) is 211 Å². The lowest BCUT2D eigenvalue weighted by Crippen LogP contribution is -2.10. The number of para-hydroxylation sites is 4. The van der Waals surface area contributed by atoms with Crippen molar-refractivity contribution in [1.29, 1.82) is 0 Å². The zero-order valence-corrected chi connectivity index (χ0v) is 29.9. The largest absolute Gasteiger partial charge is 0.454 e. The van der Waals surface area contributed by atoms with E-state index < -0.39 is 0 Å². The molecule has 0 radical (unpaired) electrons. The fraction of sp³-hybridized carbons (Fsp3) is 0. The van der Waals surface area contributed by atoms with E-state index in [4.69, 9.17) is 4.42 Å². The first-order valence-electron chi connectivity index (χ1n) is 18.8. The van der Waals surface area contributed by atoms with E-state index in [9.17, 15) is 0 Å². The van der Waals surface area contributed by atoms with Gasteiger partial charge in [0.1, 0.15) is 5.58 Å². The molecule has 0 saturated carbocycles. The van der Waals surface area contributed by atoms with Crippen molar-refractivity contribution in [2.45, 2.75) is 0 Å². The Balaban J connectivity index is 1.18. The fourth-order valence-corrected chi connectivity index (χ4v) is 8.52. The van der Waals surface area contributed by atoms with Crippen LogP contribution in [0.3, 0.4) is 0 Å². The second kappa shape index (κ2) is 12.6. The minimum absolute atomic E-state index is 0.857. The van der Waals surface area contributed by atoms with E-state index in [1.54, 1.807) is 0 Å². The van der Waals surface area contributed by atoms with Crippen molar-refractivity contribution in [3.63, 3.8) is 0 Å². The van der Waals surface area contributed by atoms with Gasteiger partial charge in [-0.05, 0) is 82.1 Å². The molecular weight excluding hydrogens is 669 g/mol. The molecule has 0 aliphatic heterocycles. The lowest BCUT2D eigenvalue weighted by Gasteiger charge is -2.27. The average molecular weight is 703 g/mol. The van der Waals surface area contributed by atoms with E-state index in [1.807, 2.05) is 6.07 Å². The molecule has 0 saturated heterocycles. The Labute approximate surface area is 318 Å². The van der Waals surface area contributed by atoms with E-state index in [2.05, 4.69) is 210 Å². The molecule has 0 aliphatic carbocycles. The van der Waals surface area contributed by atoms with Crippen LogP contribution in [0.25, 0.3) is 82.5 Å². The van der Waals surface area contributed by atoms with Crippen LogP contribution in [0, 0.1) is 0 Å². The highest BCUT2D eigenvalue weighted by Crippen LogP contribution is 2.45. The van der Waals surface area contributed by atoms with Crippen LogP contribution in [-0.2, 0) is 0 Å². The summed E-state index contributed by atoms with van der Waals surface area (Å²) in [7, 11) is 0. The summed E-state index contributed by atoms with van der Waals surface area (Å²) in [6, 6.07) is 73.9. The SMILES string of the molecule is c1ccc(-c2cccc(N(c3cccc(-c4c(-n5c6ccccc6c6ccccc65)ccc5ccccc45)c3)c3cccc4c3oc3ccccc34)c2)cc1. The molecule has 11 aromatic rings. The standard InChI is InChI=1S/C52H34N2O/c1-2-15-35(16-3-1)37-18-12-20-39(33-37)53(49-29-14-26-45-44-25-8-11-30-50(44)55-52(45)49)40-21-13-19-38(34-40)51-41-22-5-4-17-36(41)31-32-48(51)54-46-27-9-6-23-42(46)43-24-7-10-28-47(43)54/h1-34H. The summed E-state index contributed by atoms with van der Waals surface area (Å²) in [4.78, 5) is 2.35. The molecule has 0 unspecified atom stereocenters. The summed E-state index contributed by atoms with van der Waals surface area (Å²) >= 11 is 0. The number of hydrogen-bond donors (Lipinski definition) is 0. The average Bonchev–Trinajstić information content (AvgIpc) is 3.80. The first-order valence-corrected chi connectivity index (χ1v) is 18.8. The van der Waals surface area contributed by atoms with Gasteiger partial charge in [0.15, 0.2) is 5.58 Å². The third kappa shape index (κ3) is 5.05. The van der Waals surface area contributed by atoms with Crippen molar-refractivity contribution in [1.82, 2.24) is 4.57 Å². The maximum atomic E-state index is 6.70. The van der Waals surface area contributed by atoms with Crippen LogP contribution >= 0.6 is 0 Å². The van der Waals surface area contributed by atoms with Gasteiger partial charge in [-0.15, -0.1) is 0 Å². The molecule has 11 rings (SSSR count). The van der Waals surface area contributed by atoms with E-state index >= 15 is 0 Å². The molecular formula is C52H34N2O. The van der Waals surface area contributed by atoms with E-state index in [0.717, 1.165) is 55.8 Å². The molecule has 2 heterocycles. The smallest absolute Gasteiger partial charge is 0.159 e. The second-order valence-electron chi connectivity index (χ2n) is 14.1. The lowest BCUT2D eigenvalue weighted by molar-refractivity contribution is 0.669. The minimum Gasteiger partial charge on any atom is -0.454 e. The number of benzene rings is 9. The summed E-state index contributed by atoms with van der Waals surface area (Å²) in [6.45, 7) is 0. The van der Waals surface area contributed by atoms with Crippen LogP contribution < -0.4 is 4.90 Å². The molecule has 3 nitrogen and oxygen atoms in total. The van der Waals surface area contributed by atoms with Crippen molar-refractivity contribution >= 4 is 71.6 Å². The molecule has 2 aromatic heterocycles. The molecule has 0 atom stereocenters. The first kappa shape index (κ1) is 31.2. The molecule has 0 N–H and O–H groups in total. The number of aromatic nitrogens is 1. The Morgan fingerprint density at radius 3 is 1.71 bits per heavy atom. The topological polar surface area (TPSA) is 21.3 Å². The maximum absolute atomic E-state index is 6.70. The summed E-state index contributed by atoms with van der Waals surface area (Å²) in [5, 5.41) is 7.10. The van der Waals surface area contributed by atoms with Gasteiger partial charge in [-0.25, -0.2) is 0 Å². The summed E-state index contributed by atoms with van der Waals surface area (Å²) in [5.41, 5.74) is 13.0. The van der Waals surface area contributed by atoms with Gasteiger partial charge in [0.25, 0.3) is 0 Å². The predicted molar refractivity (Wildman–Crippen MR) is 231 cm³/mol. The number of hydrogen-bond acceptors (Lipinski definition) is 2. The third-order valence-corrected chi connectivity index (χ3v) is 11.0. The first-order chi connectivity index (χ1) is 27.3. The molecule has 0 spiro atoms. The molecule has 0 bridgehead atoms. The molecule has 0 fully saturated rings. The third-order valence-electron chi connectivity index (χ3n) is 11.0. The van der Waals surface area contributed by atoms with Crippen LogP contribution in [0.4, 0.5) is 17.1 Å². The Hall–Kier alpha value is -7.36. The second-order valence-corrected chi connectivity index (χ2v) is 14.1. The quantitative estimate of drug-likeness (QED) is 0.172. The number of nitrogens with zero attached hydrogens (tertiary/aromatic N) is 2. The maximum Gasteiger partial charge on any atom is 0.159 e. The number of fused-ring (bicyclic) bond motifs is 7. The van der Waals surface area contributed by atoms with Gasteiger partial charge in [-0.1, -0.05) is 152 Å². The van der Waals surface area contributed by atoms with Crippen molar-refractivity contribution in [2.24, 2.45) is 0 Å². The van der Waals surface area contributed by atoms with Crippen LogP contribution in [0.1, 0.15) is 0 Å². The fourth-order valence-electron chi connectivity index (χ4n) is 8.52. The highest BCUT2D eigenvalue weighted by Gasteiger charge is 2.22. The van der Waals surface area contributed by atoms with Gasteiger partial charge >= 0.3 is 0 Å². The summed E-state index contributed by atoms with van der Waals surface area (Å²) in [6.07, 6.45) is 0. The molecule has 3 heteroatoms. The summed E-state index contributed by atoms with van der Waals surface area (Å²) < 4.78 is 9.14. The Bertz CT molecular complexity index is 3170. The normalized spacial score (nSPS) is 11.6. The highest BCUT2D eigenvalue weighted by molar-refractivity contribution is 6.12. The zero-order valence-electron chi connectivity index (χ0n) is 29.9. The number of anilines is 3. The Kier molecular flexibility index (Phi) is 7.17.